The standard InChI is InChI=1S/C32H28N4O4S/c1-3-40-31(39)28-19(2)34-32-36(29(28)24-13-8-10-20-9-4-5-11-22(20)24)30(38)26(41-32)17-21-18-35(16-15-27(33)37)25-14-7-6-12-23(21)25/h4-14,17-18,29H,3,15-16H2,1-2H3,(H2,33,37). The van der Waals surface area contributed by atoms with Crippen molar-refractivity contribution in [3.63, 3.8) is 0 Å². The van der Waals surface area contributed by atoms with E-state index in [1.807, 2.05) is 83.6 Å². The van der Waals surface area contributed by atoms with Crippen LogP contribution in [0.2, 0.25) is 0 Å². The van der Waals surface area contributed by atoms with E-state index < -0.39 is 12.0 Å². The van der Waals surface area contributed by atoms with Gasteiger partial charge in [0, 0.05) is 35.6 Å². The van der Waals surface area contributed by atoms with Crippen molar-refractivity contribution in [1.29, 1.82) is 0 Å². The van der Waals surface area contributed by atoms with Gasteiger partial charge in [-0.1, -0.05) is 72.0 Å². The quantitative estimate of drug-likeness (QED) is 0.304. The Morgan fingerprint density at radius 1 is 1.05 bits per heavy atom. The molecule has 0 saturated carbocycles. The fourth-order valence-electron chi connectivity index (χ4n) is 5.52. The zero-order valence-electron chi connectivity index (χ0n) is 22.7. The largest absolute Gasteiger partial charge is 0.463 e. The van der Waals surface area contributed by atoms with Crippen molar-refractivity contribution in [2.45, 2.75) is 32.9 Å². The molecule has 6 rings (SSSR count). The van der Waals surface area contributed by atoms with Gasteiger partial charge in [-0.3, -0.25) is 14.2 Å². The Labute approximate surface area is 239 Å². The molecule has 3 heterocycles. The molecule has 1 aliphatic heterocycles. The summed E-state index contributed by atoms with van der Waals surface area (Å²) in [6, 6.07) is 21.0. The van der Waals surface area contributed by atoms with Gasteiger partial charge in [-0.05, 0) is 42.3 Å². The van der Waals surface area contributed by atoms with Crippen LogP contribution in [0.3, 0.4) is 0 Å². The SMILES string of the molecule is CCOC(=O)C1=C(C)N=c2sc(=Cc3cn(CCC(N)=O)c4ccccc34)c(=O)n2C1c1cccc2ccccc12. The predicted molar refractivity (Wildman–Crippen MR) is 160 cm³/mol. The van der Waals surface area contributed by atoms with Gasteiger partial charge in [0.05, 0.1) is 28.5 Å². The number of thiazole rings is 1. The fourth-order valence-corrected chi connectivity index (χ4v) is 6.56. The second-order valence-electron chi connectivity index (χ2n) is 9.88. The van der Waals surface area contributed by atoms with Crippen molar-refractivity contribution in [3.05, 3.63) is 115 Å². The van der Waals surface area contributed by atoms with Crippen LogP contribution in [0, 0.1) is 0 Å². The number of aryl methyl sites for hydroxylation is 1. The Bertz CT molecular complexity index is 2060. The number of aromatic nitrogens is 2. The number of allylic oxidation sites excluding steroid dienone is 1. The third-order valence-electron chi connectivity index (χ3n) is 7.34. The van der Waals surface area contributed by atoms with Crippen LogP contribution >= 0.6 is 11.3 Å². The minimum Gasteiger partial charge on any atom is -0.463 e. The number of para-hydroxylation sites is 1. The van der Waals surface area contributed by atoms with Gasteiger partial charge in [-0.25, -0.2) is 9.79 Å². The highest BCUT2D eigenvalue weighted by molar-refractivity contribution is 7.07. The summed E-state index contributed by atoms with van der Waals surface area (Å²) in [5.41, 5.74) is 8.66. The van der Waals surface area contributed by atoms with E-state index in [2.05, 4.69) is 0 Å². The number of carbonyl (C=O) groups excluding carboxylic acids is 2. The molecule has 0 spiro atoms. The van der Waals surface area contributed by atoms with Crippen molar-refractivity contribution in [3.8, 4) is 0 Å². The molecule has 206 valence electrons. The molecule has 2 N–H and O–H groups in total. The number of carbonyl (C=O) groups is 2. The first kappa shape index (κ1) is 26.5. The summed E-state index contributed by atoms with van der Waals surface area (Å²) in [6.45, 7) is 4.19. The molecule has 0 bridgehead atoms. The number of fused-ring (bicyclic) bond motifs is 3. The first-order chi connectivity index (χ1) is 19.9. The Kier molecular flexibility index (Phi) is 6.88. The van der Waals surface area contributed by atoms with Crippen LogP contribution in [-0.2, 0) is 20.9 Å². The van der Waals surface area contributed by atoms with E-state index in [1.54, 1.807) is 18.4 Å². The highest BCUT2D eigenvalue weighted by Gasteiger charge is 2.34. The zero-order valence-corrected chi connectivity index (χ0v) is 23.5. The molecule has 8 nitrogen and oxygen atoms in total. The lowest BCUT2D eigenvalue weighted by Crippen LogP contribution is -2.40. The summed E-state index contributed by atoms with van der Waals surface area (Å²) in [4.78, 5) is 44.1. The third kappa shape index (κ3) is 4.68. The molecule has 1 unspecified atom stereocenters. The van der Waals surface area contributed by atoms with Crippen LogP contribution in [0.4, 0.5) is 0 Å². The van der Waals surface area contributed by atoms with E-state index in [1.165, 1.54) is 11.3 Å². The van der Waals surface area contributed by atoms with Crippen LogP contribution in [-0.4, -0.2) is 27.6 Å². The Morgan fingerprint density at radius 2 is 1.78 bits per heavy atom. The van der Waals surface area contributed by atoms with Crippen LogP contribution in [0.25, 0.3) is 27.8 Å². The molecular formula is C32H28N4O4S. The van der Waals surface area contributed by atoms with E-state index in [-0.39, 0.29) is 24.5 Å². The van der Waals surface area contributed by atoms with Crippen LogP contribution in [0.1, 0.15) is 37.4 Å². The number of ether oxygens (including phenoxy) is 1. The average molecular weight is 565 g/mol. The lowest BCUT2D eigenvalue weighted by atomic mass is 9.91. The monoisotopic (exact) mass is 564 g/mol. The number of hydrogen-bond donors (Lipinski definition) is 1. The minimum absolute atomic E-state index is 0.210. The number of nitrogens with zero attached hydrogens (tertiary/aromatic N) is 3. The van der Waals surface area contributed by atoms with Gasteiger partial charge in [0.25, 0.3) is 5.56 Å². The maximum Gasteiger partial charge on any atom is 0.338 e. The number of benzene rings is 3. The van der Waals surface area contributed by atoms with Gasteiger partial charge in [-0.2, -0.15) is 0 Å². The summed E-state index contributed by atoms with van der Waals surface area (Å²) in [7, 11) is 0. The maximum atomic E-state index is 14.2. The zero-order chi connectivity index (χ0) is 28.7. The predicted octanol–water partition coefficient (Wildman–Crippen LogP) is 3.78. The second-order valence-corrected chi connectivity index (χ2v) is 10.9. The number of primary amides is 1. The summed E-state index contributed by atoms with van der Waals surface area (Å²) < 4.78 is 9.53. The number of esters is 1. The van der Waals surface area contributed by atoms with Crippen LogP contribution in [0.15, 0.2) is 94.0 Å². The van der Waals surface area contributed by atoms with Crippen LogP contribution < -0.4 is 20.6 Å². The molecule has 9 heteroatoms. The van der Waals surface area contributed by atoms with Crippen molar-refractivity contribution in [2.24, 2.45) is 10.7 Å². The van der Waals surface area contributed by atoms with Gasteiger partial charge >= 0.3 is 5.97 Å². The molecule has 1 aliphatic rings. The molecule has 0 aliphatic carbocycles. The highest BCUT2D eigenvalue weighted by Crippen LogP contribution is 2.35. The summed E-state index contributed by atoms with van der Waals surface area (Å²) in [5.74, 6) is -0.864. The molecular weight excluding hydrogens is 536 g/mol. The van der Waals surface area contributed by atoms with Crippen molar-refractivity contribution >= 4 is 51.0 Å². The fraction of sp³-hybridized carbons (Fsp3) is 0.188. The summed E-state index contributed by atoms with van der Waals surface area (Å²) >= 11 is 1.29. The van der Waals surface area contributed by atoms with E-state index in [9.17, 15) is 14.4 Å². The molecule has 1 atom stereocenters. The molecule has 2 aromatic heterocycles. The lowest BCUT2D eigenvalue weighted by molar-refractivity contribution is -0.139. The first-order valence-electron chi connectivity index (χ1n) is 13.4. The minimum atomic E-state index is -0.699. The van der Waals surface area contributed by atoms with Crippen molar-refractivity contribution in [2.75, 3.05) is 6.61 Å². The van der Waals surface area contributed by atoms with E-state index in [0.29, 0.717) is 27.1 Å². The molecule has 0 saturated heterocycles. The molecule has 5 aromatic rings. The summed E-state index contributed by atoms with van der Waals surface area (Å²) in [5, 5.41) is 2.91. The Hall–Kier alpha value is -4.76. The topological polar surface area (TPSA) is 109 Å². The van der Waals surface area contributed by atoms with E-state index in [4.69, 9.17) is 15.5 Å². The number of nitrogens with two attached hydrogens (primary N) is 1. The van der Waals surface area contributed by atoms with Gasteiger partial charge in [0.15, 0.2) is 4.80 Å². The molecule has 1 amide bonds. The molecule has 0 fully saturated rings. The van der Waals surface area contributed by atoms with Gasteiger partial charge in [0.2, 0.25) is 5.91 Å². The molecule has 0 radical (unpaired) electrons. The molecule has 41 heavy (non-hydrogen) atoms. The average Bonchev–Trinajstić information content (AvgIpc) is 3.47. The lowest BCUT2D eigenvalue weighted by Gasteiger charge is -2.25. The second kappa shape index (κ2) is 10.7. The van der Waals surface area contributed by atoms with Gasteiger partial charge < -0.3 is 15.0 Å². The van der Waals surface area contributed by atoms with Gasteiger partial charge in [-0.15, -0.1) is 0 Å². The van der Waals surface area contributed by atoms with Gasteiger partial charge in [0.1, 0.15) is 0 Å². The van der Waals surface area contributed by atoms with E-state index >= 15 is 0 Å². The third-order valence-corrected chi connectivity index (χ3v) is 8.32. The van der Waals surface area contributed by atoms with E-state index in [0.717, 1.165) is 32.8 Å². The normalized spacial score (nSPS) is 15.3. The smallest absolute Gasteiger partial charge is 0.338 e. The molecule has 3 aromatic carbocycles. The Balaban J connectivity index is 1.58. The number of amides is 1. The number of hydrogen-bond acceptors (Lipinski definition) is 6. The van der Waals surface area contributed by atoms with Crippen molar-refractivity contribution in [1.82, 2.24) is 9.13 Å². The summed E-state index contributed by atoms with van der Waals surface area (Å²) in [6.07, 6.45) is 4.00. The van der Waals surface area contributed by atoms with Crippen molar-refractivity contribution < 1.29 is 14.3 Å². The van der Waals surface area contributed by atoms with Crippen LogP contribution in [0.5, 0.6) is 0 Å². The first-order valence-corrected chi connectivity index (χ1v) is 14.2. The number of rotatable bonds is 7. The highest BCUT2D eigenvalue weighted by atomic mass is 32.1. The Morgan fingerprint density at radius 3 is 2.56 bits per heavy atom. The maximum absolute atomic E-state index is 14.2.